The Morgan fingerprint density at radius 3 is 2.06 bits per heavy atom. The molecule has 0 aromatic heterocycles. The molecule has 1 saturated heterocycles. The van der Waals surface area contributed by atoms with Crippen LogP contribution in [0.2, 0.25) is 0 Å². The smallest absolute Gasteiger partial charge is 0.278 e. The van der Waals surface area contributed by atoms with Crippen molar-refractivity contribution < 1.29 is 4.79 Å². The van der Waals surface area contributed by atoms with Crippen molar-refractivity contribution in [2.24, 2.45) is 4.99 Å². The van der Waals surface area contributed by atoms with Crippen LogP contribution in [0.1, 0.15) is 11.1 Å². The molecule has 5 nitrogen and oxygen atoms in total. The summed E-state index contributed by atoms with van der Waals surface area (Å²) in [6.07, 6.45) is 0. The third-order valence-electron chi connectivity index (χ3n) is 5.95. The number of hydrogen-bond donors (Lipinski definition) is 0. The second-order valence-electron chi connectivity index (χ2n) is 8.07. The topological polar surface area (TPSA) is 39.2 Å². The lowest BCUT2D eigenvalue weighted by atomic mass is 10.1. The third kappa shape index (κ3) is 4.29. The molecule has 5 heteroatoms. The zero-order valence-electron chi connectivity index (χ0n) is 17.5. The summed E-state index contributed by atoms with van der Waals surface area (Å²) in [7, 11) is 0. The summed E-state index contributed by atoms with van der Waals surface area (Å²) >= 11 is 0. The lowest BCUT2D eigenvalue weighted by molar-refractivity contribution is -0.112. The van der Waals surface area contributed by atoms with E-state index in [2.05, 4.69) is 45.1 Å². The molecule has 2 aliphatic heterocycles. The van der Waals surface area contributed by atoms with E-state index in [1.165, 1.54) is 5.56 Å². The highest BCUT2D eigenvalue weighted by Crippen LogP contribution is 2.31. The van der Waals surface area contributed by atoms with Gasteiger partial charge in [-0.05, 0) is 23.8 Å². The maximum Gasteiger partial charge on any atom is 0.278 e. The minimum atomic E-state index is -0.0169. The van der Waals surface area contributed by atoms with Gasteiger partial charge in [-0.25, -0.2) is 4.99 Å². The Morgan fingerprint density at radius 1 is 0.710 bits per heavy atom. The predicted molar refractivity (Wildman–Crippen MR) is 125 cm³/mol. The Morgan fingerprint density at radius 2 is 1.32 bits per heavy atom. The van der Waals surface area contributed by atoms with E-state index in [4.69, 9.17) is 0 Å². The van der Waals surface area contributed by atoms with Gasteiger partial charge in [-0.3, -0.25) is 19.5 Å². The van der Waals surface area contributed by atoms with Gasteiger partial charge in [0.05, 0.1) is 18.0 Å². The summed E-state index contributed by atoms with van der Waals surface area (Å²) in [6.45, 7) is 5.48. The van der Waals surface area contributed by atoms with E-state index in [0.29, 0.717) is 12.4 Å². The van der Waals surface area contributed by atoms with Gasteiger partial charge in [0, 0.05) is 38.3 Å². The van der Waals surface area contributed by atoms with Crippen LogP contribution in [0, 0.1) is 0 Å². The van der Waals surface area contributed by atoms with E-state index >= 15 is 0 Å². The van der Waals surface area contributed by atoms with Crippen molar-refractivity contribution in [3.05, 3.63) is 96.1 Å². The van der Waals surface area contributed by atoms with Gasteiger partial charge in [0.1, 0.15) is 5.71 Å². The average molecular weight is 411 g/mol. The van der Waals surface area contributed by atoms with E-state index in [0.717, 1.165) is 49.7 Å². The molecule has 0 aliphatic carbocycles. The summed E-state index contributed by atoms with van der Waals surface area (Å²) in [6, 6.07) is 28.3. The van der Waals surface area contributed by atoms with Gasteiger partial charge in [0.2, 0.25) is 0 Å². The van der Waals surface area contributed by atoms with E-state index in [9.17, 15) is 4.79 Å². The van der Waals surface area contributed by atoms with Crippen LogP contribution in [0.25, 0.3) is 0 Å². The Bertz CT molecular complexity index is 1070. The fourth-order valence-electron chi connectivity index (χ4n) is 4.27. The second-order valence-corrected chi connectivity index (χ2v) is 8.07. The molecule has 3 aromatic carbocycles. The van der Waals surface area contributed by atoms with Crippen LogP contribution >= 0.6 is 0 Å². The molecule has 5 rings (SSSR count). The summed E-state index contributed by atoms with van der Waals surface area (Å²) in [5.41, 5.74) is 4.55. The number of benzene rings is 3. The zero-order chi connectivity index (χ0) is 21.0. The van der Waals surface area contributed by atoms with Crippen molar-refractivity contribution in [3.8, 4) is 0 Å². The number of aliphatic imine (C=N–C) groups is 1. The first-order valence-electron chi connectivity index (χ1n) is 10.8. The minimum Gasteiger partial charge on any atom is -0.297 e. The van der Waals surface area contributed by atoms with Crippen molar-refractivity contribution in [2.75, 3.05) is 37.7 Å². The summed E-state index contributed by atoms with van der Waals surface area (Å²) in [5, 5.41) is 0. The maximum absolute atomic E-state index is 13.3. The van der Waals surface area contributed by atoms with E-state index in [-0.39, 0.29) is 5.91 Å². The summed E-state index contributed by atoms with van der Waals surface area (Å²) in [4.78, 5) is 24.7. The minimum absolute atomic E-state index is 0.0169. The lowest BCUT2D eigenvalue weighted by Gasteiger charge is -2.36. The maximum atomic E-state index is 13.3. The van der Waals surface area contributed by atoms with Crippen LogP contribution in [0.4, 0.5) is 11.4 Å². The predicted octanol–water partition coefficient (Wildman–Crippen LogP) is 3.93. The molecule has 2 aliphatic rings. The fourth-order valence-corrected chi connectivity index (χ4v) is 4.27. The normalized spacial score (nSPS) is 18.5. The molecule has 31 heavy (non-hydrogen) atoms. The van der Waals surface area contributed by atoms with Gasteiger partial charge in [-0.1, -0.05) is 66.7 Å². The van der Waals surface area contributed by atoms with Gasteiger partial charge >= 0.3 is 0 Å². The number of amides is 1. The molecular formula is C26H26N4O. The molecule has 0 unspecified atom stereocenters. The van der Waals surface area contributed by atoms with Crippen molar-refractivity contribution in [1.82, 2.24) is 9.80 Å². The highest BCUT2D eigenvalue weighted by molar-refractivity contribution is 6.54. The first kappa shape index (κ1) is 19.7. The quantitative estimate of drug-likeness (QED) is 0.640. The average Bonchev–Trinajstić information content (AvgIpc) is 3.08. The van der Waals surface area contributed by atoms with Gasteiger partial charge in [-0.15, -0.1) is 0 Å². The number of piperazine rings is 1. The van der Waals surface area contributed by atoms with Crippen molar-refractivity contribution in [1.29, 1.82) is 0 Å². The molecule has 156 valence electrons. The first-order chi connectivity index (χ1) is 15.3. The summed E-state index contributed by atoms with van der Waals surface area (Å²) < 4.78 is 0. The van der Waals surface area contributed by atoms with Gasteiger partial charge < -0.3 is 0 Å². The molecule has 1 fully saturated rings. The lowest BCUT2D eigenvalue weighted by Crippen LogP contribution is -2.50. The molecule has 1 amide bonds. The molecule has 3 aromatic rings. The number of fused-ring (bicyclic) bond motifs is 1. The van der Waals surface area contributed by atoms with Crippen LogP contribution in [0.5, 0.6) is 0 Å². The van der Waals surface area contributed by atoms with Crippen LogP contribution < -0.4 is 4.90 Å². The van der Waals surface area contributed by atoms with E-state index in [1.54, 1.807) is 0 Å². The Hall–Kier alpha value is -3.28. The Kier molecular flexibility index (Phi) is 5.61. The molecule has 0 atom stereocenters. The SMILES string of the molecule is O=C1C(=Nc2ccccc2)c2ccccc2N1CN1CCN(Cc2ccccc2)CC1. The van der Waals surface area contributed by atoms with Gasteiger partial charge in [0.25, 0.3) is 5.91 Å². The zero-order valence-corrected chi connectivity index (χ0v) is 17.5. The Balaban J connectivity index is 1.28. The molecule has 0 saturated carbocycles. The number of rotatable bonds is 5. The Labute approximate surface area is 183 Å². The summed E-state index contributed by atoms with van der Waals surface area (Å²) in [5.74, 6) is -0.0169. The number of anilines is 1. The third-order valence-corrected chi connectivity index (χ3v) is 5.95. The van der Waals surface area contributed by atoms with Crippen LogP contribution in [0.3, 0.4) is 0 Å². The molecule has 2 heterocycles. The molecular weight excluding hydrogens is 384 g/mol. The number of carbonyl (C=O) groups is 1. The van der Waals surface area contributed by atoms with E-state index < -0.39 is 0 Å². The fraction of sp³-hybridized carbons (Fsp3) is 0.231. The van der Waals surface area contributed by atoms with Crippen LogP contribution in [-0.2, 0) is 11.3 Å². The van der Waals surface area contributed by atoms with Crippen molar-refractivity contribution in [3.63, 3.8) is 0 Å². The highest BCUT2D eigenvalue weighted by Gasteiger charge is 2.35. The van der Waals surface area contributed by atoms with Crippen molar-refractivity contribution in [2.45, 2.75) is 6.54 Å². The van der Waals surface area contributed by atoms with E-state index in [1.807, 2.05) is 59.5 Å². The van der Waals surface area contributed by atoms with Gasteiger partial charge in [0.15, 0.2) is 0 Å². The first-order valence-corrected chi connectivity index (χ1v) is 10.8. The monoisotopic (exact) mass is 410 g/mol. The number of hydrogen-bond acceptors (Lipinski definition) is 4. The van der Waals surface area contributed by atoms with Crippen LogP contribution in [0.15, 0.2) is 89.9 Å². The van der Waals surface area contributed by atoms with Crippen LogP contribution in [-0.4, -0.2) is 54.3 Å². The largest absolute Gasteiger partial charge is 0.297 e. The van der Waals surface area contributed by atoms with Gasteiger partial charge in [-0.2, -0.15) is 0 Å². The standard InChI is InChI=1S/C26H26N4O/c31-26-25(27-22-11-5-2-6-12-22)23-13-7-8-14-24(23)30(26)20-29-17-15-28(16-18-29)19-21-9-3-1-4-10-21/h1-14H,15-20H2. The molecule has 0 bridgehead atoms. The van der Waals surface area contributed by atoms with Crippen molar-refractivity contribution >= 4 is 23.0 Å². The number of para-hydroxylation sites is 2. The number of nitrogens with zero attached hydrogens (tertiary/aromatic N) is 4. The highest BCUT2D eigenvalue weighted by atomic mass is 16.2. The second kappa shape index (κ2) is 8.84. The molecule has 0 radical (unpaired) electrons. The number of carbonyl (C=O) groups excluding carboxylic acids is 1. The molecule has 0 N–H and O–H groups in total. The molecule has 0 spiro atoms.